The van der Waals surface area contributed by atoms with E-state index in [4.69, 9.17) is 9.97 Å². The third-order valence-corrected chi connectivity index (χ3v) is 10.9. The summed E-state index contributed by atoms with van der Waals surface area (Å²) in [5, 5.41) is 3.73. The summed E-state index contributed by atoms with van der Waals surface area (Å²) in [5.74, 6) is 0. The number of hydrogen-bond acceptors (Lipinski definition) is 5. The third-order valence-electron chi connectivity index (χ3n) is 9.76. The quantitative estimate of drug-likeness (QED) is 0.174. The van der Waals surface area contributed by atoms with Gasteiger partial charge in [0, 0.05) is 38.8 Å². The van der Waals surface area contributed by atoms with E-state index in [1.165, 1.54) is 25.6 Å². The topological polar surface area (TPSA) is 51.6 Å². The molecule has 0 aliphatic rings. The number of pyridine rings is 4. The maximum absolute atomic E-state index is 5.34. The summed E-state index contributed by atoms with van der Waals surface area (Å²) in [4.78, 5) is 19.5. The third kappa shape index (κ3) is 5.74. The Hall–Kier alpha value is -6.82. The van der Waals surface area contributed by atoms with E-state index in [2.05, 4.69) is 143 Å². The fourth-order valence-electron chi connectivity index (χ4n) is 7.20. The van der Waals surface area contributed by atoms with E-state index in [1.54, 1.807) is 12.4 Å². The van der Waals surface area contributed by atoms with Crippen molar-refractivity contribution in [1.82, 2.24) is 19.9 Å². The molecule has 248 valence electrons. The highest BCUT2D eigenvalue weighted by molar-refractivity contribution is 7.26. The highest BCUT2D eigenvalue weighted by atomic mass is 32.1. The Balaban J connectivity index is 1.07. The molecule has 0 spiro atoms. The van der Waals surface area contributed by atoms with E-state index in [0.717, 1.165) is 72.9 Å². The van der Waals surface area contributed by atoms with Gasteiger partial charge < -0.3 is 0 Å². The van der Waals surface area contributed by atoms with Crippen molar-refractivity contribution in [2.75, 3.05) is 0 Å². The fourth-order valence-corrected chi connectivity index (χ4v) is 8.43. The highest BCUT2D eigenvalue weighted by Gasteiger charge is 2.17. The molecular formula is C48H30N4S. The van der Waals surface area contributed by atoms with E-state index in [0.29, 0.717) is 0 Å². The van der Waals surface area contributed by atoms with Crippen molar-refractivity contribution >= 4 is 42.4 Å². The summed E-state index contributed by atoms with van der Waals surface area (Å²) < 4.78 is 2.51. The van der Waals surface area contributed by atoms with Gasteiger partial charge >= 0.3 is 0 Å². The van der Waals surface area contributed by atoms with E-state index >= 15 is 0 Å². The van der Waals surface area contributed by atoms with Crippen LogP contribution in [0.25, 0.3) is 98.5 Å². The molecule has 5 heteroatoms. The zero-order valence-corrected chi connectivity index (χ0v) is 29.3. The molecule has 10 rings (SSSR count). The first-order chi connectivity index (χ1) is 26.2. The van der Waals surface area contributed by atoms with Gasteiger partial charge in [-0.1, -0.05) is 109 Å². The van der Waals surface area contributed by atoms with Crippen molar-refractivity contribution in [3.8, 4) is 67.4 Å². The van der Waals surface area contributed by atoms with Crippen LogP contribution in [-0.2, 0) is 0 Å². The van der Waals surface area contributed by atoms with Gasteiger partial charge in [-0.3, -0.25) is 9.97 Å². The molecule has 0 atom stereocenters. The van der Waals surface area contributed by atoms with E-state index in [9.17, 15) is 0 Å². The Morgan fingerprint density at radius 1 is 0.358 bits per heavy atom. The Kier molecular flexibility index (Phi) is 7.63. The van der Waals surface area contributed by atoms with Gasteiger partial charge in [0.05, 0.1) is 38.7 Å². The second-order valence-corrected chi connectivity index (χ2v) is 14.1. The number of benzene rings is 5. The second kappa shape index (κ2) is 13.1. The lowest BCUT2D eigenvalue weighted by atomic mass is 9.95. The normalized spacial score (nSPS) is 11.4. The van der Waals surface area contributed by atoms with Gasteiger partial charge in [-0.2, -0.15) is 0 Å². The Labute approximate surface area is 310 Å². The van der Waals surface area contributed by atoms with Gasteiger partial charge in [0.1, 0.15) is 0 Å². The summed E-state index contributed by atoms with van der Waals surface area (Å²) >= 11 is 1.82. The lowest BCUT2D eigenvalue weighted by molar-refractivity contribution is 1.22. The van der Waals surface area contributed by atoms with Crippen LogP contribution in [0.3, 0.4) is 0 Å². The molecule has 10 aromatic rings. The molecule has 0 N–H and O–H groups in total. The largest absolute Gasteiger partial charge is 0.255 e. The van der Waals surface area contributed by atoms with Crippen molar-refractivity contribution in [2.24, 2.45) is 0 Å². The van der Waals surface area contributed by atoms with Gasteiger partial charge in [0.15, 0.2) is 0 Å². The standard InChI is InChI=1S/C48H30N4S/c1-2-12-31(13-3-1)47-48-46(39-18-4-5-21-45(39)53-48)38-23-22-36(28-42(38)52-47)34-16-10-14-32(26-34)33-15-11-17-35(27-33)37-29-43(40-19-6-8-24-49-40)51-44(30-37)41-20-7-9-25-50-41/h1-30H. The second-order valence-electron chi connectivity index (χ2n) is 13.1. The summed E-state index contributed by atoms with van der Waals surface area (Å²) in [6, 6.07) is 59.5. The number of hydrogen-bond donors (Lipinski definition) is 0. The van der Waals surface area contributed by atoms with Crippen LogP contribution in [-0.4, -0.2) is 19.9 Å². The molecule has 5 aromatic carbocycles. The number of fused-ring (bicyclic) bond motifs is 5. The predicted molar refractivity (Wildman–Crippen MR) is 221 cm³/mol. The van der Waals surface area contributed by atoms with Gasteiger partial charge in [0.25, 0.3) is 0 Å². The van der Waals surface area contributed by atoms with Crippen molar-refractivity contribution in [1.29, 1.82) is 0 Å². The van der Waals surface area contributed by atoms with Crippen LogP contribution in [0.5, 0.6) is 0 Å². The van der Waals surface area contributed by atoms with Gasteiger partial charge in [-0.05, 0) is 94.0 Å². The molecule has 5 heterocycles. The number of thiophene rings is 1. The van der Waals surface area contributed by atoms with Crippen LogP contribution in [0.1, 0.15) is 0 Å². The molecule has 0 saturated carbocycles. The summed E-state index contributed by atoms with van der Waals surface area (Å²) in [6.07, 6.45) is 3.60. The maximum Gasteiger partial charge on any atom is 0.0900 e. The van der Waals surface area contributed by atoms with Crippen LogP contribution >= 0.6 is 11.3 Å². The van der Waals surface area contributed by atoms with Crippen LogP contribution in [0, 0.1) is 0 Å². The zero-order valence-electron chi connectivity index (χ0n) is 28.5. The number of aromatic nitrogens is 4. The molecule has 0 aliphatic heterocycles. The molecule has 0 fully saturated rings. The molecule has 0 radical (unpaired) electrons. The smallest absolute Gasteiger partial charge is 0.0900 e. The molecule has 4 nitrogen and oxygen atoms in total. The lowest BCUT2D eigenvalue weighted by Gasteiger charge is -2.12. The highest BCUT2D eigenvalue weighted by Crippen LogP contribution is 2.43. The minimum Gasteiger partial charge on any atom is -0.255 e. The van der Waals surface area contributed by atoms with E-state index in [-0.39, 0.29) is 0 Å². The Morgan fingerprint density at radius 2 is 0.925 bits per heavy atom. The van der Waals surface area contributed by atoms with E-state index < -0.39 is 0 Å². The SMILES string of the molecule is c1ccc(-c2nc3cc(-c4cccc(-c5cccc(-c6cc(-c7ccccn7)nc(-c7ccccn7)c6)c5)c4)ccc3c3c2sc2ccccc23)cc1. The summed E-state index contributed by atoms with van der Waals surface area (Å²) in [7, 11) is 0. The Bertz CT molecular complexity index is 2880. The zero-order chi connectivity index (χ0) is 35.1. The summed E-state index contributed by atoms with van der Waals surface area (Å²) in [5.41, 5.74) is 13.1. The first-order valence-electron chi connectivity index (χ1n) is 17.6. The monoisotopic (exact) mass is 694 g/mol. The first kappa shape index (κ1) is 31.0. The molecule has 0 unspecified atom stereocenters. The van der Waals surface area contributed by atoms with Crippen molar-refractivity contribution < 1.29 is 0 Å². The lowest BCUT2D eigenvalue weighted by Crippen LogP contribution is -1.94. The molecule has 0 saturated heterocycles. The van der Waals surface area contributed by atoms with Crippen LogP contribution < -0.4 is 0 Å². The number of nitrogens with zero attached hydrogens (tertiary/aromatic N) is 4. The van der Waals surface area contributed by atoms with Gasteiger partial charge in [0.2, 0.25) is 0 Å². The Morgan fingerprint density at radius 3 is 1.57 bits per heavy atom. The predicted octanol–water partition coefficient (Wildman–Crippen LogP) is 12.8. The van der Waals surface area contributed by atoms with Crippen molar-refractivity contribution in [3.63, 3.8) is 0 Å². The van der Waals surface area contributed by atoms with Crippen LogP contribution in [0.4, 0.5) is 0 Å². The van der Waals surface area contributed by atoms with E-state index in [1.807, 2.05) is 47.7 Å². The molecule has 5 aromatic heterocycles. The van der Waals surface area contributed by atoms with Gasteiger partial charge in [-0.15, -0.1) is 11.3 Å². The van der Waals surface area contributed by atoms with Crippen LogP contribution in [0.15, 0.2) is 182 Å². The molecule has 0 bridgehead atoms. The molecule has 0 amide bonds. The average molecular weight is 695 g/mol. The molecule has 0 aliphatic carbocycles. The van der Waals surface area contributed by atoms with Crippen LogP contribution in [0.2, 0.25) is 0 Å². The average Bonchev–Trinajstić information content (AvgIpc) is 3.64. The minimum atomic E-state index is 0.809. The minimum absolute atomic E-state index is 0.809. The van der Waals surface area contributed by atoms with Crippen molar-refractivity contribution in [3.05, 3.63) is 182 Å². The maximum atomic E-state index is 5.34. The van der Waals surface area contributed by atoms with Gasteiger partial charge in [-0.25, -0.2) is 9.97 Å². The first-order valence-corrected chi connectivity index (χ1v) is 18.4. The molecular weight excluding hydrogens is 665 g/mol. The molecule has 53 heavy (non-hydrogen) atoms. The van der Waals surface area contributed by atoms with Crippen molar-refractivity contribution in [2.45, 2.75) is 0 Å². The fraction of sp³-hybridized carbons (Fsp3) is 0. The number of rotatable bonds is 6. The summed E-state index contributed by atoms with van der Waals surface area (Å²) in [6.45, 7) is 0.